The van der Waals surface area contributed by atoms with Gasteiger partial charge in [-0.25, -0.2) is 4.98 Å². The fourth-order valence-corrected chi connectivity index (χ4v) is 8.37. The molecule has 0 N–H and O–H groups in total. The third kappa shape index (κ3) is 5.76. The lowest BCUT2D eigenvalue weighted by molar-refractivity contribution is 0.620. The Morgan fingerprint density at radius 1 is 0.415 bits per heavy atom. The number of para-hydroxylation sites is 1. The van der Waals surface area contributed by atoms with Gasteiger partial charge in [-0.3, -0.25) is 0 Å². The summed E-state index contributed by atoms with van der Waals surface area (Å²) in [5.41, 5.74) is 13.1. The van der Waals surface area contributed by atoms with E-state index in [2.05, 4.69) is 169 Å². The van der Waals surface area contributed by atoms with E-state index < -0.39 is 0 Å². The average Bonchev–Trinajstić information content (AvgIpc) is 3.82. The second-order valence-electron chi connectivity index (χ2n) is 13.2. The molecule has 0 spiro atoms. The molecule has 0 atom stereocenters. The maximum atomic E-state index is 6.20. The molecule has 0 fully saturated rings. The molecule has 4 heteroatoms. The van der Waals surface area contributed by atoms with Crippen LogP contribution in [-0.2, 0) is 0 Å². The van der Waals surface area contributed by atoms with E-state index in [0.29, 0.717) is 5.89 Å². The molecule has 10 rings (SSSR count). The summed E-state index contributed by atoms with van der Waals surface area (Å²) < 4.78 is 8.64. The average molecular weight is 697 g/mol. The number of hydrogen-bond donors (Lipinski definition) is 0. The molecule has 8 aromatic carbocycles. The maximum Gasteiger partial charge on any atom is 0.227 e. The third-order valence-corrected chi connectivity index (χ3v) is 11.1. The molecule has 0 aliphatic heterocycles. The SMILES string of the molecule is c1ccc(-c2ccc(N(c3ccc(-c4ccc5sc6cc7oc(-c8ccccc8)nc7cc6c5c4)cc3)c3ccccc3-c3ccccc3)cc2)cc1. The molecule has 0 saturated heterocycles. The second kappa shape index (κ2) is 13.1. The normalized spacial score (nSPS) is 11.4. The highest BCUT2D eigenvalue weighted by molar-refractivity contribution is 7.25. The van der Waals surface area contributed by atoms with Gasteiger partial charge in [0, 0.05) is 48.7 Å². The number of aromatic nitrogens is 1. The van der Waals surface area contributed by atoms with E-state index in [1.165, 1.54) is 53.6 Å². The highest BCUT2D eigenvalue weighted by Crippen LogP contribution is 2.43. The summed E-state index contributed by atoms with van der Waals surface area (Å²) in [4.78, 5) is 7.22. The Morgan fingerprint density at radius 2 is 0.943 bits per heavy atom. The molecule has 0 amide bonds. The summed E-state index contributed by atoms with van der Waals surface area (Å²) in [6.45, 7) is 0. The lowest BCUT2D eigenvalue weighted by atomic mass is 10.00. The molecule has 2 aromatic heterocycles. The van der Waals surface area contributed by atoms with Crippen LogP contribution in [-0.4, -0.2) is 4.98 Å². The van der Waals surface area contributed by atoms with Gasteiger partial charge in [0.05, 0.1) is 5.69 Å². The van der Waals surface area contributed by atoms with Crippen LogP contribution in [0.2, 0.25) is 0 Å². The van der Waals surface area contributed by atoms with Gasteiger partial charge in [-0.2, -0.15) is 0 Å². The predicted molar refractivity (Wildman–Crippen MR) is 223 cm³/mol. The lowest BCUT2D eigenvalue weighted by Gasteiger charge is -2.28. The minimum absolute atomic E-state index is 0.649. The van der Waals surface area contributed by atoms with E-state index in [1.54, 1.807) is 11.3 Å². The Hall–Kier alpha value is -6.75. The zero-order chi connectivity index (χ0) is 35.1. The Labute approximate surface area is 311 Å². The highest BCUT2D eigenvalue weighted by atomic mass is 32.1. The number of hydrogen-bond acceptors (Lipinski definition) is 4. The van der Waals surface area contributed by atoms with E-state index in [1.807, 2.05) is 30.3 Å². The standard InChI is InChI=1S/C49H32N2OS/c1-4-12-33(13-5-1)34-20-25-39(26-21-34)51(45-19-11-10-18-41(45)36-14-6-2-7-15-36)40-27-22-35(23-28-40)38-24-29-47-42(30-38)43-31-44-46(32-48(43)53-47)52-49(50-44)37-16-8-3-9-17-37/h1-32H. The van der Waals surface area contributed by atoms with E-state index in [4.69, 9.17) is 9.40 Å². The first-order valence-corrected chi connectivity index (χ1v) is 18.6. The van der Waals surface area contributed by atoms with Gasteiger partial charge in [-0.15, -0.1) is 11.3 Å². The van der Waals surface area contributed by atoms with Gasteiger partial charge in [-0.05, 0) is 88.5 Å². The van der Waals surface area contributed by atoms with Gasteiger partial charge in [0.1, 0.15) is 5.52 Å². The van der Waals surface area contributed by atoms with Crippen molar-refractivity contribution in [3.8, 4) is 44.8 Å². The van der Waals surface area contributed by atoms with Crippen molar-refractivity contribution in [1.29, 1.82) is 0 Å². The van der Waals surface area contributed by atoms with Crippen LogP contribution >= 0.6 is 11.3 Å². The van der Waals surface area contributed by atoms with Gasteiger partial charge in [-0.1, -0.05) is 127 Å². The maximum absolute atomic E-state index is 6.20. The van der Waals surface area contributed by atoms with Gasteiger partial charge < -0.3 is 9.32 Å². The molecule has 3 nitrogen and oxygen atoms in total. The molecular weight excluding hydrogens is 665 g/mol. The van der Waals surface area contributed by atoms with Crippen molar-refractivity contribution < 1.29 is 4.42 Å². The highest BCUT2D eigenvalue weighted by Gasteiger charge is 2.18. The van der Waals surface area contributed by atoms with Crippen molar-refractivity contribution in [1.82, 2.24) is 4.98 Å². The monoisotopic (exact) mass is 696 g/mol. The third-order valence-electron chi connectivity index (χ3n) is 9.92. The zero-order valence-electron chi connectivity index (χ0n) is 28.7. The minimum atomic E-state index is 0.649. The molecule has 10 aromatic rings. The van der Waals surface area contributed by atoms with Crippen molar-refractivity contribution in [2.24, 2.45) is 0 Å². The van der Waals surface area contributed by atoms with Crippen LogP contribution in [0.4, 0.5) is 17.1 Å². The molecule has 53 heavy (non-hydrogen) atoms. The summed E-state index contributed by atoms with van der Waals surface area (Å²) in [7, 11) is 0. The molecule has 0 unspecified atom stereocenters. The van der Waals surface area contributed by atoms with E-state index in [0.717, 1.165) is 33.7 Å². The number of thiophene rings is 1. The molecule has 0 saturated carbocycles. The smallest absolute Gasteiger partial charge is 0.227 e. The van der Waals surface area contributed by atoms with Gasteiger partial charge in [0.25, 0.3) is 0 Å². The molecule has 2 heterocycles. The number of fused-ring (bicyclic) bond motifs is 4. The summed E-state index contributed by atoms with van der Waals surface area (Å²) in [6, 6.07) is 68.9. The fraction of sp³-hybridized carbons (Fsp3) is 0. The summed E-state index contributed by atoms with van der Waals surface area (Å²) in [5.74, 6) is 0.649. The Morgan fingerprint density at radius 3 is 1.62 bits per heavy atom. The van der Waals surface area contributed by atoms with Crippen LogP contribution in [0.3, 0.4) is 0 Å². The summed E-state index contributed by atoms with van der Waals surface area (Å²) in [5, 5.41) is 2.43. The molecule has 250 valence electrons. The van der Waals surface area contributed by atoms with Crippen molar-refractivity contribution >= 4 is 59.7 Å². The van der Waals surface area contributed by atoms with Crippen molar-refractivity contribution in [3.05, 3.63) is 194 Å². The fourth-order valence-electron chi connectivity index (χ4n) is 7.28. The Bertz CT molecular complexity index is 2860. The Balaban J connectivity index is 1.04. The van der Waals surface area contributed by atoms with Crippen LogP contribution in [0.1, 0.15) is 0 Å². The number of anilines is 3. The number of oxazole rings is 1. The lowest BCUT2D eigenvalue weighted by Crippen LogP contribution is -2.11. The number of rotatable bonds is 7. The van der Waals surface area contributed by atoms with Crippen LogP contribution < -0.4 is 4.90 Å². The van der Waals surface area contributed by atoms with Gasteiger partial charge in [0.2, 0.25) is 5.89 Å². The molecule has 0 bridgehead atoms. The quantitative estimate of drug-likeness (QED) is 0.166. The zero-order valence-corrected chi connectivity index (χ0v) is 29.5. The van der Waals surface area contributed by atoms with E-state index in [-0.39, 0.29) is 0 Å². The minimum Gasteiger partial charge on any atom is -0.436 e. The molecule has 0 aliphatic rings. The largest absolute Gasteiger partial charge is 0.436 e. The van der Waals surface area contributed by atoms with Crippen LogP contribution in [0.25, 0.3) is 76.1 Å². The van der Waals surface area contributed by atoms with E-state index >= 15 is 0 Å². The topological polar surface area (TPSA) is 29.3 Å². The van der Waals surface area contributed by atoms with Crippen molar-refractivity contribution in [2.45, 2.75) is 0 Å². The number of nitrogens with zero attached hydrogens (tertiary/aromatic N) is 2. The number of benzene rings is 8. The Kier molecular flexibility index (Phi) is 7.67. The van der Waals surface area contributed by atoms with Crippen molar-refractivity contribution in [2.75, 3.05) is 4.90 Å². The molecule has 0 aliphatic carbocycles. The molecule has 0 radical (unpaired) electrons. The first-order chi connectivity index (χ1) is 26.2. The van der Waals surface area contributed by atoms with Crippen LogP contribution in [0.15, 0.2) is 199 Å². The second-order valence-corrected chi connectivity index (χ2v) is 14.3. The summed E-state index contributed by atoms with van der Waals surface area (Å²) in [6.07, 6.45) is 0. The van der Waals surface area contributed by atoms with Gasteiger partial charge >= 0.3 is 0 Å². The first kappa shape index (κ1) is 31.0. The first-order valence-electron chi connectivity index (χ1n) is 17.8. The predicted octanol–water partition coefficient (Wildman–Crippen LogP) is 14.3. The van der Waals surface area contributed by atoms with Crippen LogP contribution in [0.5, 0.6) is 0 Å². The van der Waals surface area contributed by atoms with Gasteiger partial charge in [0.15, 0.2) is 5.58 Å². The molecular formula is C49H32N2OS. The summed E-state index contributed by atoms with van der Waals surface area (Å²) >= 11 is 1.79. The van der Waals surface area contributed by atoms with Crippen LogP contribution in [0, 0.1) is 0 Å². The van der Waals surface area contributed by atoms with Crippen molar-refractivity contribution in [3.63, 3.8) is 0 Å². The van der Waals surface area contributed by atoms with E-state index in [9.17, 15) is 0 Å².